The third-order valence-corrected chi connectivity index (χ3v) is 2.49. The molecule has 0 fully saturated rings. The molecule has 1 aromatic carbocycles. The summed E-state index contributed by atoms with van der Waals surface area (Å²) in [6.45, 7) is -0.0871. The lowest BCUT2D eigenvalue weighted by atomic mass is 10.2. The fraction of sp³-hybridized carbons (Fsp3) is 0.167. The molecule has 21 heavy (non-hydrogen) atoms. The van der Waals surface area contributed by atoms with E-state index in [1.54, 1.807) is 0 Å². The lowest BCUT2D eigenvalue weighted by molar-refractivity contribution is -0.137. The van der Waals surface area contributed by atoms with Gasteiger partial charge in [-0.1, -0.05) is 5.16 Å². The van der Waals surface area contributed by atoms with E-state index < -0.39 is 17.6 Å². The fourth-order valence-corrected chi connectivity index (χ4v) is 1.46. The van der Waals surface area contributed by atoms with Gasteiger partial charge in [-0.3, -0.25) is 10.2 Å². The summed E-state index contributed by atoms with van der Waals surface area (Å²) in [5.41, 5.74) is 1.09. The minimum Gasteiger partial charge on any atom is -0.486 e. The van der Waals surface area contributed by atoms with Gasteiger partial charge in [0, 0.05) is 6.07 Å². The molecule has 0 aliphatic rings. The van der Waals surface area contributed by atoms with Gasteiger partial charge in [0.1, 0.15) is 12.4 Å². The lowest BCUT2D eigenvalue weighted by Gasteiger charge is -2.08. The topological polar surface area (TPSA) is 90.4 Å². The number of benzene rings is 1. The second-order valence-electron chi connectivity index (χ2n) is 3.96. The first kappa shape index (κ1) is 14.9. The van der Waals surface area contributed by atoms with Crippen LogP contribution in [0.3, 0.4) is 0 Å². The third kappa shape index (κ3) is 3.72. The number of carbonyl (C=O) groups excluding carboxylic acids is 1. The average Bonchev–Trinajstić information content (AvgIpc) is 2.92. The monoisotopic (exact) mass is 301 g/mol. The highest BCUT2D eigenvalue weighted by Crippen LogP contribution is 2.30. The van der Waals surface area contributed by atoms with E-state index in [9.17, 15) is 18.0 Å². The maximum Gasteiger partial charge on any atom is 0.416 e. The Balaban J connectivity index is 1.97. The number of ether oxygens (including phenoxy) is 1. The standard InChI is InChI=1S/C12H10F3N3O3/c13-12(14,15)7-1-3-8(4-2-7)20-6-9-5-10(18-21-9)11(19)17-16/h1-5H,6,16H2,(H,17,19). The number of hydrogen-bond donors (Lipinski definition) is 2. The van der Waals surface area contributed by atoms with E-state index in [1.807, 2.05) is 5.43 Å². The Morgan fingerprint density at radius 3 is 2.57 bits per heavy atom. The molecule has 2 rings (SSSR count). The number of nitrogens with two attached hydrogens (primary N) is 1. The van der Waals surface area contributed by atoms with E-state index in [0.717, 1.165) is 12.1 Å². The minimum atomic E-state index is -4.39. The van der Waals surface area contributed by atoms with Crippen LogP contribution in [0.25, 0.3) is 0 Å². The zero-order valence-electron chi connectivity index (χ0n) is 10.5. The number of rotatable bonds is 4. The van der Waals surface area contributed by atoms with Crippen LogP contribution < -0.4 is 16.0 Å². The Hall–Kier alpha value is -2.55. The van der Waals surface area contributed by atoms with Crippen molar-refractivity contribution in [2.75, 3.05) is 0 Å². The molecule has 0 spiro atoms. The van der Waals surface area contributed by atoms with Crippen LogP contribution in [0.15, 0.2) is 34.9 Å². The highest BCUT2D eigenvalue weighted by molar-refractivity contribution is 5.91. The fourth-order valence-electron chi connectivity index (χ4n) is 1.46. The number of hydrogen-bond acceptors (Lipinski definition) is 5. The molecule has 0 saturated carbocycles. The van der Waals surface area contributed by atoms with E-state index in [0.29, 0.717) is 0 Å². The number of carbonyl (C=O) groups is 1. The normalized spacial score (nSPS) is 11.2. The average molecular weight is 301 g/mol. The summed E-state index contributed by atoms with van der Waals surface area (Å²) in [7, 11) is 0. The van der Waals surface area contributed by atoms with Crippen LogP contribution in [0, 0.1) is 0 Å². The van der Waals surface area contributed by atoms with Crippen molar-refractivity contribution in [1.82, 2.24) is 10.6 Å². The summed E-state index contributed by atoms with van der Waals surface area (Å²) in [6.07, 6.45) is -4.39. The quantitative estimate of drug-likeness (QED) is 0.511. The number of nitrogens with one attached hydrogen (secondary N) is 1. The van der Waals surface area contributed by atoms with Crippen molar-refractivity contribution in [1.29, 1.82) is 0 Å². The first-order valence-corrected chi connectivity index (χ1v) is 5.67. The Morgan fingerprint density at radius 1 is 1.33 bits per heavy atom. The van der Waals surface area contributed by atoms with Gasteiger partial charge in [-0.25, -0.2) is 5.84 Å². The van der Waals surface area contributed by atoms with Gasteiger partial charge in [0.25, 0.3) is 5.91 Å². The van der Waals surface area contributed by atoms with Crippen LogP contribution in [0.5, 0.6) is 5.75 Å². The Bertz CT molecular complexity index is 623. The van der Waals surface area contributed by atoms with Crippen molar-refractivity contribution >= 4 is 5.91 Å². The van der Waals surface area contributed by atoms with Gasteiger partial charge < -0.3 is 9.26 Å². The molecule has 1 amide bonds. The summed E-state index contributed by atoms with van der Waals surface area (Å²) in [5.74, 6) is 4.75. The summed E-state index contributed by atoms with van der Waals surface area (Å²) < 4.78 is 47.1. The summed E-state index contributed by atoms with van der Waals surface area (Å²) in [6, 6.07) is 5.50. The van der Waals surface area contributed by atoms with Crippen molar-refractivity contribution < 1.29 is 27.2 Å². The molecule has 1 aromatic heterocycles. The molecule has 0 atom stereocenters. The van der Waals surface area contributed by atoms with Gasteiger partial charge in [0.2, 0.25) is 0 Å². The maximum absolute atomic E-state index is 12.4. The molecule has 9 heteroatoms. The van der Waals surface area contributed by atoms with Crippen molar-refractivity contribution in [3.63, 3.8) is 0 Å². The predicted octanol–water partition coefficient (Wildman–Crippen LogP) is 1.88. The van der Waals surface area contributed by atoms with Crippen LogP contribution in [-0.2, 0) is 12.8 Å². The van der Waals surface area contributed by atoms with E-state index in [1.165, 1.54) is 18.2 Å². The highest BCUT2D eigenvalue weighted by Gasteiger charge is 2.30. The number of nitrogen functional groups attached to an aromatic ring is 1. The number of aromatic nitrogens is 1. The molecule has 0 radical (unpaired) electrons. The van der Waals surface area contributed by atoms with Crippen molar-refractivity contribution in [2.24, 2.45) is 5.84 Å². The van der Waals surface area contributed by atoms with Gasteiger partial charge in [0.05, 0.1) is 5.56 Å². The first-order valence-electron chi connectivity index (χ1n) is 5.67. The number of amides is 1. The zero-order chi connectivity index (χ0) is 15.5. The summed E-state index contributed by atoms with van der Waals surface area (Å²) in [5, 5.41) is 3.45. The molecule has 1 heterocycles. The Morgan fingerprint density at radius 2 is 2.00 bits per heavy atom. The van der Waals surface area contributed by atoms with Crippen molar-refractivity contribution in [3.8, 4) is 5.75 Å². The van der Waals surface area contributed by atoms with E-state index in [4.69, 9.17) is 15.1 Å². The minimum absolute atomic E-state index is 0.0245. The number of alkyl halides is 3. The van der Waals surface area contributed by atoms with Gasteiger partial charge in [-0.05, 0) is 24.3 Å². The van der Waals surface area contributed by atoms with Crippen LogP contribution in [0.2, 0.25) is 0 Å². The molecule has 0 unspecified atom stereocenters. The Kier molecular flexibility index (Phi) is 4.13. The van der Waals surface area contributed by atoms with Crippen molar-refractivity contribution in [3.05, 3.63) is 47.3 Å². The molecular weight excluding hydrogens is 291 g/mol. The lowest BCUT2D eigenvalue weighted by Crippen LogP contribution is -2.30. The maximum atomic E-state index is 12.4. The second-order valence-corrected chi connectivity index (χ2v) is 3.96. The molecule has 112 valence electrons. The molecular formula is C12H10F3N3O3. The van der Waals surface area contributed by atoms with Crippen molar-refractivity contribution in [2.45, 2.75) is 12.8 Å². The highest BCUT2D eigenvalue weighted by atomic mass is 19.4. The van der Waals surface area contributed by atoms with E-state index in [2.05, 4.69) is 5.16 Å². The van der Waals surface area contributed by atoms with E-state index >= 15 is 0 Å². The SMILES string of the molecule is NNC(=O)c1cc(COc2ccc(C(F)(F)F)cc2)on1. The molecule has 0 bridgehead atoms. The predicted molar refractivity (Wildman–Crippen MR) is 63.9 cm³/mol. The Labute approximate surface area is 116 Å². The molecule has 3 N–H and O–H groups in total. The zero-order valence-corrected chi connectivity index (χ0v) is 10.5. The number of nitrogens with zero attached hydrogens (tertiary/aromatic N) is 1. The molecule has 0 aliphatic heterocycles. The largest absolute Gasteiger partial charge is 0.486 e. The molecule has 0 aliphatic carbocycles. The van der Waals surface area contributed by atoms with Gasteiger partial charge >= 0.3 is 6.18 Å². The third-order valence-electron chi connectivity index (χ3n) is 2.49. The van der Waals surface area contributed by atoms with Crippen LogP contribution in [0.1, 0.15) is 21.8 Å². The van der Waals surface area contributed by atoms with Gasteiger partial charge in [-0.2, -0.15) is 13.2 Å². The van der Waals surface area contributed by atoms with Crippen LogP contribution in [-0.4, -0.2) is 11.1 Å². The van der Waals surface area contributed by atoms with Gasteiger partial charge in [-0.15, -0.1) is 0 Å². The van der Waals surface area contributed by atoms with Gasteiger partial charge in [0.15, 0.2) is 11.5 Å². The van der Waals surface area contributed by atoms with Crippen LogP contribution >= 0.6 is 0 Å². The molecule has 6 nitrogen and oxygen atoms in total. The first-order chi connectivity index (χ1) is 9.90. The molecule has 2 aromatic rings. The van der Waals surface area contributed by atoms with Crippen LogP contribution in [0.4, 0.5) is 13.2 Å². The number of halogens is 3. The van der Waals surface area contributed by atoms with E-state index in [-0.39, 0.29) is 23.8 Å². The number of hydrazine groups is 1. The smallest absolute Gasteiger partial charge is 0.416 e. The summed E-state index contributed by atoms with van der Waals surface area (Å²) in [4.78, 5) is 11.1. The molecule has 0 saturated heterocycles. The second kappa shape index (κ2) is 5.83. The summed E-state index contributed by atoms with van der Waals surface area (Å²) >= 11 is 0.